The van der Waals surface area contributed by atoms with Gasteiger partial charge in [-0.3, -0.25) is 9.69 Å². The predicted molar refractivity (Wildman–Crippen MR) is 125 cm³/mol. The minimum atomic E-state index is -1.82. The number of halogens is 1. The zero-order valence-electron chi connectivity index (χ0n) is 18.7. The highest BCUT2D eigenvalue weighted by Crippen LogP contribution is 2.29. The van der Waals surface area contributed by atoms with Crippen LogP contribution in [0.15, 0.2) is 53.1 Å². The van der Waals surface area contributed by atoms with E-state index in [2.05, 4.69) is 15.5 Å². The van der Waals surface area contributed by atoms with Gasteiger partial charge in [0, 0.05) is 24.5 Å². The summed E-state index contributed by atoms with van der Waals surface area (Å²) >= 11 is 6.00. The van der Waals surface area contributed by atoms with Gasteiger partial charge in [-0.15, -0.1) is 0 Å². The van der Waals surface area contributed by atoms with Gasteiger partial charge in [0.1, 0.15) is 5.75 Å². The largest absolute Gasteiger partial charge is 0.495 e. The average Bonchev–Trinajstić information content (AvgIpc) is 3.25. The van der Waals surface area contributed by atoms with Crippen LogP contribution in [0, 0.1) is 0 Å². The number of amides is 1. The summed E-state index contributed by atoms with van der Waals surface area (Å²) in [6.07, 6.45) is 0.644. The number of anilines is 1. The van der Waals surface area contributed by atoms with Gasteiger partial charge in [-0.1, -0.05) is 47.1 Å². The molecule has 1 aliphatic heterocycles. The molecule has 3 N–H and O–H groups in total. The number of hydrogen-bond donors (Lipinski definition) is 3. The maximum absolute atomic E-state index is 12.3. The first-order valence-corrected chi connectivity index (χ1v) is 10.8. The first-order valence-electron chi connectivity index (χ1n) is 10.4. The van der Waals surface area contributed by atoms with Gasteiger partial charge in [-0.05, 0) is 23.8 Å². The van der Waals surface area contributed by atoms with Crippen molar-refractivity contribution in [2.75, 3.05) is 32.1 Å². The van der Waals surface area contributed by atoms with Gasteiger partial charge >= 0.3 is 11.9 Å². The second-order valence-electron chi connectivity index (χ2n) is 7.61. The number of benzene rings is 2. The summed E-state index contributed by atoms with van der Waals surface area (Å²) < 4.78 is 10.7. The molecular weight excluding hydrogens is 480 g/mol. The maximum atomic E-state index is 12.3. The van der Waals surface area contributed by atoms with Crippen LogP contribution in [0.3, 0.4) is 0 Å². The molecule has 2 heterocycles. The fourth-order valence-corrected chi connectivity index (χ4v) is 3.48. The Morgan fingerprint density at radius 1 is 1.14 bits per heavy atom. The van der Waals surface area contributed by atoms with E-state index >= 15 is 0 Å². The lowest BCUT2D eigenvalue weighted by molar-refractivity contribution is -0.159. The van der Waals surface area contributed by atoms with Crippen molar-refractivity contribution in [2.45, 2.75) is 12.3 Å². The normalized spacial score (nSPS) is 13.2. The van der Waals surface area contributed by atoms with Crippen LogP contribution < -0.4 is 10.1 Å². The molecule has 184 valence electrons. The van der Waals surface area contributed by atoms with Crippen LogP contribution in [0.4, 0.5) is 5.69 Å². The summed E-state index contributed by atoms with van der Waals surface area (Å²) in [7, 11) is 1.55. The minimum absolute atomic E-state index is 0.126. The molecule has 11 nitrogen and oxygen atoms in total. The highest BCUT2D eigenvalue weighted by molar-refractivity contribution is 6.31. The molecule has 0 bridgehead atoms. The van der Waals surface area contributed by atoms with Crippen LogP contribution in [0.2, 0.25) is 5.02 Å². The molecule has 1 aromatic heterocycles. The zero-order valence-corrected chi connectivity index (χ0v) is 19.4. The molecule has 0 unspecified atom stereocenters. The van der Waals surface area contributed by atoms with Crippen LogP contribution in [-0.2, 0) is 20.8 Å². The fourth-order valence-electron chi connectivity index (χ4n) is 3.31. The van der Waals surface area contributed by atoms with E-state index < -0.39 is 11.9 Å². The number of aromatic nitrogens is 2. The predicted octanol–water partition coefficient (Wildman–Crippen LogP) is 2.52. The summed E-state index contributed by atoms with van der Waals surface area (Å²) in [5.41, 5.74) is 1.70. The van der Waals surface area contributed by atoms with Crippen molar-refractivity contribution in [1.29, 1.82) is 0 Å². The number of likely N-dealkylation sites (tertiary alicyclic amines) is 1. The Morgan fingerprint density at radius 2 is 1.83 bits per heavy atom. The van der Waals surface area contributed by atoms with Gasteiger partial charge in [0.15, 0.2) is 5.82 Å². The van der Waals surface area contributed by atoms with Crippen molar-refractivity contribution >= 4 is 35.1 Å². The smallest absolute Gasteiger partial charge is 0.414 e. The number of carboxylic acids is 2. The summed E-state index contributed by atoms with van der Waals surface area (Å²) in [4.78, 5) is 37.1. The Hall–Kier alpha value is -3.96. The minimum Gasteiger partial charge on any atom is -0.495 e. The molecule has 0 aliphatic carbocycles. The maximum Gasteiger partial charge on any atom is 0.414 e. The topological polar surface area (TPSA) is 155 Å². The molecule has 0 saturated carbocycles. The summed E-state index contributed by atoms with van der Waals surface area (Å²) in [6.45, 7) is 1.68. The molecule has 1 aliphatic rings. The van der Waals surface area contributed by atoms with Crippen LogP contribution in [0.25, 0.3) is 0 Å². The van der Waals surface area contributed by atoms with Gasteiger partial charge in [0.05, 0.1) is 25.3 Å². The van der Waals surface area contributed by atoms with Crippen molar-refractivity contribution in [3.63, 3.8) is 0 Å². The molecule has 3 aromatic rings. The number of carbonyl (C=O) groups excluding carboxylic acids is 1. The molecule has 2 aromatic carbocycles. The fraction of sp³-hybridized carbons (Fsp3) is 0.261. The van der Waals surface area contributed by atoms with Crippen LogP contribution in [-0.4, -0.2) is 69.8 Å². The Kier molecular flexibility index (Phi) is 8.76. The number of aliphatic carboxylic acids is 2. The van der Waals surface area contributed by atoms with E-state index in [1.807, 2.05) is 35.2 Å². The first-order chi connectivity index (χ1) is 16.7. The van der Waals surface area contributed by atoms with Crippen molar-refractivity contribution in [1.82, 2.24) is 15.0 Å². The van der Waals surface area contributed by atoms with Crippen molar-refractivity contribution in [2.24, 2.45) is 0 Å². The number of hydrogen-bond acceptors (Lipinski definition) is 8. The van der Waals surface area contributed by atoms with E-state index in [1.165, 1.54) is 0 Å². The van der Waals surface area contributed by atoms with Crippen molar-refractivity contribution in [3.8, 4) is 5.75 Å². The standard InChI is InChI=1S/C21H21ClN4O3.C2H2O4/c1-28-18-8-7-16(22)10-17(18)23-20(27)13-26-11-15(12-26)21-24-19(25-29-21)9-14-5-3-2-4-6-14;3-1(4)2(5)6/h2-8,10,15H,9,11-13H2,1H3,(H,23,27);(H,3,4)(H,5,6). The van der Waals surface area contributed by atoms with Gasteiger partial charge in [-0.2, -0.15) is 4.98 Å². The number of rotatable bonds is 7. The lowest BCUT2D eigenvalue weighted by Crippen LogP contribution is -2.48. The Labute approximate surface area is 205 Å². The third-order valence-corrected chi connectivity index (χ3v) is 5.22. The van der Waals surface area contributed by atoms with Crippen LogP contribution in [0.5, 0.6) is 5.75 Å². The summed E-state index contributed by atoms with van der Waals surface area (Å²) in [6, 6.07) is 15.1. The summed E-state index contributed by atoms with van der Waals surface area (Å²) in [5.74, 6) is -1.74. The van der Waals surface area contributed by atoms with Gasteiger partial charge < -0.3 is 24.8 Å². The quantitative estimate of drug-likeness (QED) is 0.410. The van der Waals surface area contributed by atoms with Crippen LogP contribution >= 0.6 is 11.6 Å². The van der Waals surface area contributed by atoms with E-state index in [9.17, 15) is 4.79 Å². The van der Waals surface area contributed by atoms with E-state index in [-0.39, 0.29) is 18.4 Å². The molecule has 0 atom stereocenters. The second kappa shape index (κ2) is 12.0. The average molecular weight is 503 g/mol. The van der Waals surface area contributed by atoms with Crippen molar-refractivity contribution < 1.29 is 33.9 Å². The van der Waals surface area contributed by atoms with Gasteiger partial charge in [0.25, 0.3) is 0 Å². The molecule has 1 amide bonds. The van der Waals surface area contributed by atoms with E-state index in [4.69, 9.17) is 40.7 Å². The number of ether oxygens (including phenoxy) is 1. The van der Waals surface area contributed by atoms with Crippen molar-refractivity contribution in [3.05, 3.63) is 70.8 Å². The molecular formula is C23H23ClN4O7. The molecule has 35 heavy (non-hydrogen) atoms. The number of methoxy groups -OCH3 is 1. The third-order valence-electron chi connectivity index (χ3n) is 4.98. The Bertz CT molecular complexity index is 1170. The third kappa shape index (κ3) is 7.52. The van der Waals surface area contributed by atoms with E-state index in [1.54, 1.807) is 25.3 Å². The molecule has 0 spiro atoms. The van der Waals surface area contributed by atoms with E-state index in [0.29, 0.717) is 47.7 Å². The highest BCUT2D eigenvalue weighted by Gasteiger charge is 2.33. The molecule has 1 saturated heterocycles. The monoisotopic (exact) mass is 502 g/mol. The number of nitrogens with one attached hydrogen (secondary N) is 1. The Balaban J connectivity index is 0.000000509. The first kappa shape index (κ1) is 25.7. The lowest BCUT2D eigenvalue weighted by atomic mass is 10.0. The summed E-state index contributed by atoms with van der Waals surface area (Å²) in [5, 5.41) is 22.2. The van der Waals surface area contributed by atoms with E-state index in [0.717, 1.165) is 5.56 Å². The number of carbonyl (C=O) groups is 3. The SMILES string of the molecule is COc1ccc(Cl)cc1NC(=O)CN1CC(c2nc(Cc3ccccc3)no2)C1.O=C(O)C(=O)O. The number of nitrogens with zero attached hydrogens (tertiary/aromatic N) is 3. The molecule has 4 rings (SSSR count). The zero-order chi connectivity index (χ0) is 25.4. The molecule has 0 radical (unpaired) electrons. The van der Waals surface area contributed by atoms with Gasteiger partial charge in [0.2, 0.25) is 11.8 Å². The second-order valence-corrected chi connectivity index (χ2v) is 8.04. The van der Waals surface area contributed by atoms with Gasteiger partial charge in [-0.25, -0.2) is 9.59 Å². The number of carboxylic acid groups (broad SMARTS) is 2. The molecule has 1 fully saturated rings. The lowest BCUT2D eigenvalue weighted by Gasteiger charge is -2.36. The molecule has 12 heteroatoms. The Morgan fingerprint density at radius 3 is 2.46 bits per heavy atom. The van der Waals surface area contributed by atoms with Crippen LogP contribution in [0.1, 0.15) is 23.2 Å². The highest BCUT2D eigenvalue weighted by atomic mass is 35.5.